The molecule has 6 heteroatoms. The van der Waals surface area contributed by atoms with Crippen LogP contribution in [0, 0.1) is 17.5 Å². The molecule has 0 unspecified atom stereocenters. The highest BCUT2D eigenvalue weighted by atomic mass is 19.2. The fourth-order valence-corrected chi connectivity index (χ4v) is 2.21. The number of piperidine rings is 1. The molecule has 1 aromatic carbocycles. The number of carbonyl (C=O) groups excluding carboxylic acids is 1. The van der Waals surface area contributed by atoms with Gasteiger partial charge in [-0.25, -0.2) is 13.2 Å². The van der Waals surface area contributed by atoms with Gasteiger partial charge in [-0.05, 0) is 12.8 Å². The minimum absolute atomic E-state index is 0.0253. The van der Waals surface area contributed by atoms with Crippen LogP contribution in [0.5, 0.6) is 0 Å². The predicted octanol–water partition coefficient (Wildman–Crippen LogP) is 2.53. The molecule has 1 aliphatic heterocycles. The van der Waals surface area contributed by atoms with Crippen molar-refractivity contribution in [3.05, 3.63) is 29.6 Å². The number of carbonyl (C=O) groups is 1. The third-order valence-corrected chi connectivity index (χ3v) is 3.29. The summed E-state index contributed by atoms with van der Waals surface area (Å²) >= 11 is 0. The molecule has 0 atom stereocenters. The molecule has 1 saturated heterocycles. The SMILES string of the molecule is CC(=O)N1CCC(Nc2cc(F)c(F)c(F)c2)CC1. The molecule has 1 amide bonds. The zero-order chi connectivity index (χ0) is 14.0. The molecule has 1 aliphatic rings. The molecule has 19 heavy (non-hydrogen) atoms. The lowest BCUT2D eigenvalue weighted by Gasteiger charge is -2.32. The van der Waals surface area contributed by atoms with E-state index in [0.29, 0.717) is 25.9 Å². The lowest BCUT2D eigenvalue weighted by atomic mass is 10.0. The van der Waals surface area contributed by atoms with Crippen LogP contribution < -0.4 is 5.32 Å². The number of anilines is 1. The van der Waals surface area contributed by atoms with Crippen LogP contribution in [0.1, 0.15) is 19.8 Å². The average molecular weight is 272 g/mol. The van der Waals surface area contributed by atoms with E-state index >= 15 is 0 Å². The molecule has 3 nitrogen and oxygen atoms in total. The third kappa shape index (κ3) is 3.19. The third-order valence-electron chi connectivity index (χ3n) is 3.29. The van der Waals surface area contributed by atoms with Crippen LogP contribution in [-0.4, -0.2) is 29.9 Å². The first-order valence-corrected chi connectivity index (χ1v) is 6.14. The van der Waals surface area contributed by atoms with Crippen LogP contribution in [0.4, 0.5) is 18.9 Å². The van der Waals surface area contributed by atoms with Gasteiger partial charge in [-0.3, -0.25) is 4.79 Å². The summed E-state index contributed by atoms with van der Waals surface area (Å²) < 4.78 is 38.9. The number of halogens is 3. The van der Waals surface area contributed by atoms with E-state index in [0.717, 1.165) is 12.1 Å². The summed E-state index contributed by atoms with van der Waals surface area (Å²) in [4.78, 5) is 12.9. The Kier molecular flexibility index (Phi) is 3.97. The van der Waals surface area contributed by atoms with Gasteiger partial charge in [-0.15, -0.1) is 0 Å². The first-order valence-electron chi connectivity index (χ1n) is 6.14. The van der Waals surface area contributed by atoms with Gasteiger partial charge in [0.15, 0.2) is 17.5 Å². The van der Waals surface area contributed by atoms with E-state index in [4.69, 9.17) is 0 Å². The lowest BCUT2D eigenvalue weighted by molar-refractivity contribution is -0.129. The fraction of sp³-hybridized carbons (Fsp3) is 0.462. The lowest BCUT2D eigenvalue weighted by Crippen LogP contribution is -2.41. The summed E-state index contributed by atoms with van der Waals surface area (Å²) in [6.07, 6.45) is 1.39. The smallest absolute Gasteiger partial charge is 0.219 e. The molecule has 1 heterocycles. The van der Waals surface area contributed by atoms with Crippen LogP contribution in [0.2, 0.25) is 0 Å². The molecule has 1 N–H and O–H groups in total. The van der Waals surface area contributed by atoms with Gasteiger partial charge in [0, 0.05) is 43.9 Å². The molecule has 0 aliphatic carbocycles. The summed E-state index contributed by atoms with van der Waals surface area (Å²) in [5.74, 6) is -3.85. The number of nitrogens with one attached hydrogen (secondary N) is 1. The van der Waals surface area contributed by atoms with Gasteiger partial charge in [0.25, 0.3) is 0 Å². The van der Waals surface area contributed by atoms with E-state index in [2.05, 4.69) is 5.32 Å². The maximum Gasteiger partial charge on any atom is 0.219 e. The monoisotopic (exact) mass is 272 g/mol. The number of nitrogens with zero attached hydrogens (tertiary/aromatic N) is 1. The van der Waals surface area contributed by atoms with Crippen molar-refractivity contribution in [2.45, 2.75) is 25.8 Å². The Labute approximate surface area is 109 Å². The molecular weight excluding hydrogens is 257 g/mol. The van der Waals surface area contributed by atoms with Crippen LogP contribution in [-0.2, 0) is 4.79 Å². The Balaban J connectivity index is 1.98. The van der Waals surface area contributed by atoms with Gasteiger partial charge >= 0.3 is 0 Å². The van der Waals surface area contributed by atoms with E-state index in [1.54, 1.807) is 4.90 Å². The van der Waals surface area contributed by atoms with Crippen LogP contribution in [0.15, 0.2) is 12.1 Å². The second-order valence-corrected chi connectivity index (χ2v) is 4.68. The van der Waals surface area contributed by atoms with Gasteiger partial charge in [0.1, 0.15) is 0 Å². The molecular formula is C13H15F3N2O. The van der Waals surface area contributed by atoms with E-state index in [9.17, 15) is 18.0 Å². The van der Waals surface area contributed by atoms with E-state index in [-0.39, 0.29) is 17.6 Å². The molecule has 104 valence electrons. The number of hydrogen-bond acceptors (Lipinski definition) is 2. The van der Waals surface area contributed by atoms with Crippen molar-refractivity contribution in [1.29, 1.82) is 0 Å². The summed E-state index contributed by atoms with van der Waals surface area (Å²) in [5.41, 5.74) is 0.220. The zero-order valence-electron chi connectivity index (χ0n) is 10.5. The minimum atomic E-state index is -1.46. The largest absolute Gasteiger partial charge is 0.382 e. The molecule has 2 rings (SSSR count). The Bertz CT molecular complexity index is 462. The highest BCUT2D eigenvalue weighted by Crippen LogP contribution is 2.21. The number of likely N-dealkylation sites (tertiary alicyclic amines) is 1. The molecule has 0 saturated carbocycles. The number of rotatable bonds is 2. The Morgan fingerprint density at radius 3 is 2.21 bits per heavy atom. The summed E-state index contributed by atoms with van der Waals surface area (Å²) in [6, 6.07) is 1.91. The summed E-state index contributed by atoms with van der Waals surface area (Å²) in [6.45, 7) is 2.73. The fourth-order valence-electron chi connectivity index (χ4n) is 2.21. The summed E-state index contributed by atoms with van der Waals surface area (Å²) in [7, 11) is 0. The van der Waals surface area contributed by atoms with E-state index in [1.807, 2.05) is 0 Å². The van der Waals surface area contributed by atoms with Gasteiger partial charge in [0.05, 0.1) is 0 Å². The average Bonchev–Trinajstić information content (AvgIpc) is 2.36. The van der Waals surface area contributed by atoms with Crippen molar-refractivity contribution < 1.29 is 18.0 Å². The second kappa shape index (κ2) is 5.50. The molecule has 1 aromatic rings. The zero-order valence-corrected chi connectivity index (χ0v) is 10.5. The molecule has 0 aromatic heterocycles. The number of benzene rings is 1. The van der Waals surface area contributed by atoms with Crippen molar-refractivity contribution in [2.75, 3.05) is 18.4 Å². The number of amides is 1. The molecule has 0 bridgehead atoms. The van der Waals surface area contributed by atoms with Crippen molar-refractivity contribution in [3.63, 3.8) is 0 Å². The molecule has 0 spiro atoms. The maximum atomic E-state index is 13.1. The predicted molar refractivity (Wildman–Crippen MR) is 65.2 cm³/mol. The summed E-state index contributed by atoms with van der Waals surface area (Å²) in [5, 5.41) is 2.96. The highest BCUT2D eigenvalue weighted by Gasteiger charge is 2.21. The second-order valence-electron chi connectivity index (χ2n) is 4.68. The molecule has 1 fully saturated rings. The van der Waals surface area contributed by atoms with Gasteiger partial charge < -0.3 is 10.2 Å². The van der Waals surface area contributed by atoms with Crippen LogP contribution >= 0.6 is 0 Å². The van der Waals surface area contributed by atoms with Gasteiger partial charge in [0.2, 0.25) is 5.91 Å². The van der Waals surface area contributed by atoms with Crippen molar-refractivity contribution in [3.8, 4) is 0 Å². The molecule has 0 radical (unpaired) electrons. The van der Waals surface area contributed by atoms with Crippen molar-refractivity contribution >= 4 is 11.6 Å². The van der Waals surface area contributed by atoms with Crippen LogP contribution in [0.25, 0.3) is 0 Å². The quantitative estimate of drug-likeness (QED) is 0.839. The maximum absolute atomic E-state index is 13.1. The first kappa shape index (κ1) is 13.7. The Hall–Kier alpha value is -1.72. The van der Waals surface area contributed by atoms with E-state index in [1.165, 1.54) is 6.92 Å². The minimum Gasteiger partial charge on any atom is -0.382 e. The van der Waals surface area contributed by atoms with Crippen molar-refractivity contribution in [2.24, 2.45) is 0 Å². The Morgan fingerprint density at radius 1 is 1.21 bits per heavy atom. The normalized spacial score (nSPS) is 16.5. The standard InChI is InChI=1S/C13H15F3N2O/c1-8(19)18-4-2-9(3-5-18)17-10-6-11(14)13(16)12(15)7-10/h6-7,9,17H,2-5H2,1H3. The highest BCUT2D eigenvalue weighted by molar-refractivity contribution is 5.73. The van der Waals surface area contributed by atoms with Crippen LogP contribution in [0.3, 0.4) is 0 Å². The van der Waals surface area contributed by atoms with Gasteiger partial charge in [-0.2, -0.15) is 0 Å². The first-order chi connectivity index (χ1) is 8.97. The van der Waals surface area contributed by atoms with Crippen molar-refractivity contribution in [1.82, 2.24) is 4.90 Å². The number of hydrogen-bond donors (Lipinski definition) is 1. The van der Waals surface area contributed by atoms with Gasteiger partial charge in [-0.1, -0.05) is 0 Å². The van der Waals surface area contributed by atoms with E-state index < -0.39 is 17.5 Å². The Morgan fingerprint density at radius 2 is 1.74 bits per heavy atom. The topological polar surface area (TPSA) is 32.3 Å².